The zero-order chi connectivity index (χ0) is 25.9. The first-order valence-electron chi connectivity index (χ1n) is 12.0. The van der Waals surface area contributed by atoms with Gasteiger partial charge in [0.05, 0.1) is 27.2 Å². The fourth-order valence-electron chi connectivity index (χ4n) is 4.56. The van der Waals surface area contributed by atoms with Crippen LogP contribution in [0.15, 0.2) is 69.0 Å². The Hall–Kier alpha value is -2.38. The van der Waals surface area contributed by atoms with Crippen LogP contribution in [0.4, 0.5) is 0 Å². The van der Waals surface area contributed by atoms with Gasteiger partial charge in [0, 0.05) is 15.4 Å². The van der Waals surface area contributed by atoms with Crippen molar-refractivity contribution >= 4 is 67.9 Å². The summed E-state index contributed by atoms with van der Waals surface area (Å²) < 4.78 is 8.11. The molecule has 9 heteroatoms. The number of fused-ring (bicyclic) bond motifs is 1. The molecular weight excluding hydrogens is 597 g/mol. The third-order valence-electron chi connectivity index (χ3n) is 6.44. The Kier molecular flexibility index (Phi) is 8.20. The lowest BCUT2D eigenvalue weighted by Gasteiger charge is -2.22. The van der Waals surface area contributed by atoms with Crippen molar-refractivity contribution in [1.29, 1.82) is 0 Å². The van der Waals surface area contributed by atoms with Gasteiger partial charge in [0.25, 0.3) is 5.56 Å². The van der Waals surface area contributed by atoms with E-state index in [4.69, 9.17) is 44.5 Å². The summed E-state index contributed by atoms with van der Waals surface area (Å²) in [5, 5.41) is 6.44. The second-order valence-corrected chi connectivity index (χ2v) is 11.2. The molecule has 1 saturated carbocycles. The molecule has 3 aromatic carbocycles. The van der Waals surface area contributed by atoms with E-state index in [2.05, 4.69) is 21.0 Å². The summed E-state index contributed by atoms with van der Waals surface area (Å²) in [7, 11) is 0. The van der Waals surface area contributed by atoms with E-state index in [1.165, 1.54) is 11.1 Å². The lowest BCUT2D eigenvalue weighted by Crippen LogP contribution is -2.25. The monoisotopic (exact) mass is 617 g/mol. The Morgan fingerprint density at radius 1 is 1.00 bits per heavy atom. The highest BCUT2D eigenvalue weighted by Crippen LogP contribution is 2.35. The van der Waals surface area contributed by atoms with Crippen LogP contribution in [0.5, 0.6) is 5.75 Å². The Morgan fingerprint density at radius 2 is 1.70 bits per heavy atom. The quantitative estimate of drug-likeness (QED) is 0.203. The van der Waals surface area contributed by atoms with Crippen molar-refractivity contribution in [3.63, 3.8) is 0 Å². The largest absolute Gasteiger partial charge is 0.486 e. The van der Waals surface area contributed by atoms with Crippen LogP contribution < -0.4 is 10.3 Å². The van der Waals surface area contributed by atoms with Gasteiger partial charge >= 0.3 is 0 Å². The van der Waals surface area contributed by atoms with Crippen LogP contribution in [-0.2, 0) is 6.61 Å². The van der Waals surface area contributed by atoms with E-state index >= 15 is 0 Å². The molecular formula is C28H23BrCl3N3O2. The first-order chi connectivity index (χ1) is 17.9. The molecule has 0 unspecified atom stereocenters. The SMILES string of the molecule is O=c1c2cc(Br)ccc2nc(C2CCCCC2)n1N=Cc1cc(Cl)c(OCc2ccc(Cl)cc2)c(Cl)c1. The van der Waals surface area contributed by atoms with Gasteiger partial charge in [0.15, 0.2) is 5.75 Å². The maximum absolute atomic E-state index is 13.5. The van der Waals surface area contributed by atoms with Gasteiger partial charge in [-0.05, 0) is 66.4 Å². The highest BCUT2D eigenvalue weighted by molar-refractivity contribution is 9.10. The van der Waals surface area contributed by atoms with Crippen LogP contribution in [0.3, 0.4) is 0 Å². The van der Waals surface area contributed by atoms with E-state index in [-0.39, 0.29) is 11.5 Å². The van der Waals surface area contributed by atoms with Crippen LogP contribution in [-0.4, -0.2) is 15.9 Å². The van der Waals surface area contributed by atoms with Gasteiger partial charge in [0.1, 0.15) is 12.4 Å². The molecule has 0 aliphatic heterocycles. The maximum Gasteiger partial charge on any atom is 0.282 e. The van der Waals surface area contributed by atoms with E-state index in [1.807, 2.05) is 24.3 Å². The summed E-state index contributed by atoms with van der Waals surface area (Å²) in [6, 6.07) is 16.3. The molecule has 5 nitrogen and oxygen atoms in total. The zero-order valence-electron chi connectivity index (χ0n) is 19.8. The number of benzene rings is 3. The van der Waals surface area contributed by atoms with Crippen LogP contribution in [0.2, 0.25) is 15.1 Å². The minimum absolute atomic E-state index is 0.183. The summed E-state index contributed by atoms with van der Waals surface area (Å²) in [5.74, 6) is 1.26. The van der Waals surface area contributed by atoms with Crippen molar-refractivity contribution in [1.82, 2.24) is 9.66 Å². The van der Waals surface area contributed by atoms with Gasteiger partial charge in [0.2, 0.25) is 0 Å². The fraction of sp³-hybridized carbons (Fsp3) is 0.250. The van der Waals surface area contributed by atoms with Gasteiger partial charge in [-0.3, -0.25) is 4.79 Å². The number of halogens is 4. The summed E-state index contributed by atoms with van der Waals surface area (Å²) in [4.78, 5) is 18.4. The van der Waals surface area contributed by atoms with Gasteiger partial charge in [-0.25, -0.2) is 4.98 Å². The second-order valence-electron chi connectivity index (χ2n) is 9.06. The summed E-state index contributed by atoms with van der Waals surface area (Å²) >= 11 is 22.4. The number of hydrogen-bond donors (Lipinski definition) is 0. The number of rotatable bonds is 6. The normalized spacial score (nSPS) is 14.5. The predicted molar refractivity (Wildman–Crippen MR) is 155 cm³/mol. The van der Waals surface area contributed by atoms with Gasteiger partial charge < -0.3 is 4.74 Å². The first kappa shape index (κ1) is 26.2. The van der Waals surface area contributed by atoms with E-state index < -0.39 is 0 Å². The Morgan fingerprint density at radius 3 is 2.41 bits per heavy atom. The van der Waals surface area contributed by atoms with Gasteiger partial charge in [-0.15, -0.1) is 0 Å². The Labute approximate surface area is 238 Å². The molecule has 1 fully saturated rings. The lowest BCUT2D eigenvalue weighted by atomic mass is 9.88. The van der Waals surface area contributed by atoms with Crippen LogP contribution >= 0.6 is 50.7 Å². The molecule has 1 aliphatic rings. The molecule has 4 aromatic rings. The summed E-state index contributed by atoms with van der Waals surface area (Å²) in [6.07, 6.45) is 6.99. The molecule has 0 spiro atoms. The minimum atomic E-state index is -0.205. The van der Waals surface area contributed by atoms with Gasteiger partial charge in [-0.1, -0.05) is 82.1 Å². The number of aromatic nitrogens is 2. The number of ether oxygens (including phenoxy) is 1. The standard InChI is InChI=1S/C28H23BrCl3N3O2/c29-20-8-11-25-22(14-20)28(36)35(27(34-25)19-4-2-1-3-5-19)33-15-18-12-23(31)26(24(32)13-18)37-16-17-6-9-21(30)10-7-17/h6-15,19H,1-5,16H2. The molecule has 5 rings (SSSR count). The maximum atomic E-state index is 13.5. The highest BCUT2D eigenvalue weighted by Gasteiger charge is 2.22. The summed E-state index contributed by atoms with van der Waals surface area (Å²) in [5.41, 5.74) is 2.05. The van der Waals surface area contributed by atoms with Gasteiger partial charge in [-0.2, -0.15) is 9.78 Å². The summed E-state index contributed by atoms with van der Waals surface area (Å²) in [6.45, 7) is 0.294. The molecule has 0 N–H and O–H groups in total. The van der Waals surface area contributed by atoms with Crippen LogP contribution in [0.25, 0.3) is 10.9 Å². The van der Waals surface area contributed by atoms with Crippen LogP contribution in [0, 0.1) is 0 Å². The predicted octanol–water partition coefficient (Wildman–Crippen LogP) is 8.63. The molecule has 1 aromatic heterocycles. The molecule has 0 atom stereocenters. The van der Waals surface area contributed by atoms with Crippen molar-refractivity contribution in [3.8, 4) is 5.75 Å². The molecule has 1 heterocycles. The average Bonchev–Trinajstić information content (AvgIpc) is 2.89. The molecule has 190 valence electrons. The van der Waals surface area contributed by atoms with Crippen molar-refractivity contribution < 1.29 is 4.74 Å². The van der Waals surface area contributed by atoms with E-state index in [1.54, 1.807) is 36.5 Å². The Balaban J connectivity index is 1.47. The molecule has 0 saturated heterocycles. The van der Waals surface area contributed by atoms with Crippen molar-refractivity contribution in [2.45, 2.75) is 44.6 Å². The number of nitrogens with zero attached hydrogens (tertiary/aromatic N) is 3. The lowest BCUT2D eigenvalue weighted by molar-refractivity contribution is 0.306. The number of hydrogen-bond acceptors (Lipinski definition) is 4. The van der Waals surface area contributed by atoms with Crippen molar-refractivity contribution in [2.24, 2.45) is 5.10 Å². The van der Waals surface area contributed by atoms with E-state index in [9.17, 15) is 4.79 Å². The molecule has 1 aliphatic carbocycles. The zero-order valence-corrected chi connectivity index (χ0v) is 23.6. The Bertz CT molecular complexity index is 1510. The minimum Gasteiger partial charge on any atom is -0.486 e. The molecule has 0 bridgehead atoms. The third kappa shape index (κ3) is 6.04. The molecule has 0 radical (unpaired) electrons. The smallest absolute Gasteiger partial charge is 0.282 e. The molecule has 0 amide bonds. The van der Waals surface area contributed by atoms with Crippen LogP contribution in [0.1, 0.15) is 55.0 Å². The average molecular weight is 620 g/mol. The first-order valence-corrected chi connectivity index (χ1v) is 13.9. The highest BCUT2D eigenvalue weighted by atomic mass is 79.9. The second kappa shape index (κ2) is 11.6. The van der Waals surface area contributed by atoms with Crippen molar-refractivity contribution in [2.75, 3.05) is 0 Å². The van der Waals surface area contributed by atoms with Crippen molar-refractivity contribution in [3.05, 3.63) is 101 Å². The van der Waals surface area contributed by atoms with E-state index in [0.717, 1.165) is 35.7 Å². The molecule has 37 heavy (non-hydrogen) atoms. The third-order valence-corrected chi connectivity index (χ3v) is 7.75. The fourth-order valence-corrected chi connectivity index (χ4v) is 5.66. The topological polar surface area (TPSA) is 56.5 Å². The van der Waals surface area contributed by atoms with E-state index in [0.29, 0.717) is 49.7 Å².